The lowest BCUT2D eigenvalue weighted by molar-refractivity contribution is 0.0508. The van der Waals surface area contributed by atoms with Crippen molar-refractivity contribution in [1.82, 2.24) is 4.90 Å². The molecule has 2 rings (SSSR count). The van der Waals surface area contributed by atoms with Gasteiger partial charge in [-0.15, -0.1) is 0 Å². The fourth-order valence-electron chi connectivity index (χ4n) is 2.28. The van der Waals surface area contributed by atoms with Gasteiger partial charge >= 0.3 is 5.97 Å². The zero-order valence-corrected chi connectivity index (χ0v) is 13.8. The summed E-state index contributed by atoms with van der Waals surface area (Å²) >= 11 is 11.7. The van der Waals surface area contributed by atoms with Gasteiger partial charge in [0.25, 0.3) is 0 Å². The maximum Gasteiger partial charge on any atom is 0.365 e. The van der Waals surface area contributed by atoms with Crippen LogP contribution in [0.5, 0.6) is 0 Å². The molecule has 1 aliphatic heterocycles. The van der Waals surface area contributed by atoms with Gasteiger partial charge in [-0.2, -0.15) is 0 Å². The van der Waals surface area contributed by atoms with Crippen LogP contribution in [0.25, 0.3) is 0 Å². The van der Waals surface area contributed by atoms with Crippen molar-refractivity contribution >= 4 is 34.9 Å². The molecule has 0 amide bonds. The minimum Gasteiger partial charge on any atom is -0.313 e. The van der Waals surface area contributed by atoms with Crippen molar-refractivity contribution in [3.8, 4) is 0 Å². The Kier molecular flexibility index (Phi) is 5.25. The number of rotatable bonds is 2. The monoisotopic (exact) mass is 328 g/mol. The number of hydrogen-bond acceptors (Lipinski definition) is 4. The first kappa shape index (κ1) is 16.3. The van der Waals surface area contributed by atoms with Crippen LogP contribution in [-0.2, 0) is 4.84 Å². The minimum atomic E-state index is -0.528. The molecule has 0 spiro atoms. The molecule has 1 aliphatic rings. The van der Waals surface area contributed by atoms with Crippen molar-refractivity contribution in [2.24, 2.45) is 11.1 Å². The molecule has 1 fully saturated rings. The molecule has 21 heavy (non-hydrogen) atoms. The van der Waals surface area contributed by atoms with Crippen LogP contribution in [0.4, 0.5) is 0 Å². The maximum atomic E-state index is 12.0. The Labute approximate surface area is 134 Å². The highest BCUT2D eigenvalue weighted by Gasteiger charge is 2.26. The molecule has 0 radical (unpaired) electrons. The Hall–Kier alpha value is -1.10. The van der Waals surface area contributed by atoms with E-state index in [2.05, 4.69) is 31.0 Å². The highest BCUT2D eigenvalue weighted by molar-refractivity contribution is 6.42. The van der Waals surface area contributed by atoms with Gasteiger partial charge in [0, 0.05) is 24.9 Å². The SMILES string of the molecule is CC1CN(C)C(C)C/C1=N\OC(=O)c1ccc(Cl)c(Cl)c1. The molecule has 2 atom stereocenters. The second kappa shape index (κ2) is 6.77. The van der Waals surface area contributed by atoms with Gasteiger partial charge in [-0.05, 0) is 32.2 Å². The maximum absolute atomic E-state index is 12.0. The lowest BCUT2D eigenvalue weighted by Crippen LogP contribution is -2.43. The Morgan fingerprint density at radius 2 is 2.05 bits per heavy atom. The quantitative estimate of drug-likeness (QED) is 0.611. The molecule has 0 aliphatic carbocycles. The van der Waals surface area contributed by atoms with Gasteiger partial charge in [-0.3, -0.25) is 0 Å². The van der Waals surface area contributed by atoms with Crippen molar-refractivity contribution in [2.75, 3.05) is 13.6 Å². The van der Waals surface area contributed by atoms with E-state index in [1.807, 2.05) is 0 Å². The summed E-state index contributed by atoms with van der Waals surface area (Å²) in [6, 6.07) is 5.00. The molecular weight excluding hydrogens is 311 g/mol. The summed E-state index contributed by atoms with van der Waals surface area (Å²) in [5, 5.41) is 4.76. The zero-order valence-electron chi connectivity index (χ0n) is 12.3. The van der Waals surface area contributed by atoms with Crippen LogP contribution in [0.3, 0.4) is 0 Å². The van der Waals surface area contributed by atoms with E-state index in [0.29, 0.717) is 21.7 Å². The van der Waals surface area contributed by atoms with Gasteiger partial charge in [-0.1, -0.05) is 35.3 Å². The first-order chi connectivity index (χ1) is 9.88. The van der Waals surface area contributed by atoms with Gasteiger partial charge < -0.3 is 9.74 Å². The fraction of sp³-hybridized carbons (Fsp3) is 0.467. The predicted molar refractivity (Wildman–Crippen MR) is 85.2 cm³/mol. The van der Waals surface area contributed by atoms with Crippen molar-refractivity contribution < 1.29 is 9.63 Å². The van der Waals surface area contributed by atoms with Crippen molar-refractivity contribution in [3.05, 3.63) is 33.8 Å². The van der Waals surface area contributed by atoms with E-state index < -0.39 is 5.97 Å². The standard InChI is InChI=1S/C15H18Cl2N2O2/c1-9-8-19(3)10(2)6-14(9)18-21-15(20)11-4-5-12(16)13(17)7-11/h4-5,7,9-10H,6,8H2,1-3H3/b18-14+. The zero-order chi connectivity index (χ0) is 15.6. The summed E-state index contributed by atoms with van der Waals surface area (Å²) in [4.78, 5) is 19.3. The minimum absolute atomic E-state index is 0.271. The second-order valence-corrected chi connectivity index (χ2v) is 6.30. The molecule has 114 valence electrons. The largest absolute Gasteiger partial charge is 0.365 e. The molecule has 1 heterocycles. The Balaban J connectivity index is 2.05. The van der Waals surface area contributed by atoms with Crippen LogP contribution in [-0.4, -0.2) is 36.2 Å². The molecule has 1 aromatic carbocycles. The fourth-order valence-corrected chi connectivity index (χ4v) is 2.58. The molecule has 1 aromatic rings. The Morgan fingerprint density at radius 3 is 2.71 bits per heavy atom. The van der Waals surface area contributed by atoms with Crippen molar-refractivity contribution in [1.29, 1.82) is 0 Å². The number of carbonyl (C=O) groups is 1. The second-order valence-electron chi connectivity index (χ2n) is 5.48. The lowest BCUT2D eigenvalue weighted by atomic mass is 9.93. The summed E-state index contributed by atoms with van der Waals surface area (Å²) < 4.78 is 0. The number of halogens is 2. The van der Waals surface area contributed by atoms with Crippen LogP contribution in [0.15, 0.2) is 23.4 Å². The molecule has 6 heteroatoms. The molecular formula is C15H18Cl2N2O2. The van der Waals surface area contributed by atoms with Crippen molar-refractivity contribution in [2.45, 2.75) is 26.3 Å². The number of carbonyl (C=O) groups excluding carboxylic acids is 1. The van der Waals surface area contributed by atoms with Crippen LogP contribution in [0.1, 0.15) is 30.6 Å². The normalized spacial score (nSPS) is 25.1. The van der Waals surface area contributed by atoms with Crippen LogP contribution in [0.2, 0.25) is 10.0 Å². The third-order valence-corrected chi connectivity index (χ3v) is 4.53. The highest BCUT2D eigenvalue weighted by atomic mass is 35.5. The van der Waals surface area contributed by atoms with Crippen LogP contribution in [0, 0.1) is 5.92 Å². The average Bonchev–Trinajstić information content (AvgIpc) is 2.44. The average molecular weight is 329 g/mol. The van der Waals surface area contributed by atoms with E-state index in [-0.39, 0.29) is 5.92 Å². The van der Waals surface area contributed by atoms with Gasteiger partial charge in [0.15, 0.2) is 0 Å². The van der Waals surface area contributed by atoms with Gasteiger partial charge in [0.2, 0.25) is 0 Å². The number of hydrogen-bond donors (Lipinski definition) is 0. The van der Waals surface area contributed by atoms with Crippen molar-refractivity contribution in [3.63, 3.8) is 0 Å². The van der Waals surface area contributed by atoms with Gasteiger partial charge in [0.1, 0.15) is 0 Å². The topological polar surface area (TPSA) is 41.9 Å². The first-order valence-corrected chi connectivity index (χ1v) is 7.57. The number of nitrogens with zero attached hydrogens (tertiary/aromatic N) is 2. The lowest BCUT2D eigenvalue weighted by Gasteiger charge is -2.34. The van der Waals surface area contributed by atoms with E-state index in [4.69, 9.17) is 28.0 Å². The van der Waals surface area contributed by atoms with Crippen LogP contribution >= 0.6 is 23.2 Å². The predicted octanol–water partition coefficient (Wildman–Crippen LogP) is 3.87. The van der Waals surface area contributed by atoms with E-state index in [9.17, 15) is 4.79 Å². The summed E-state index contributed by atoms with van der Waals surface area (Å²) in [5.74, 6) is -0.257. The molecule has 0 N–H and O–H groups in total. The van der Waals surface area contributed by atoms with E-state index in [0.717, 1.165) is 18.7 Å². The van der Waals surface area contributed by atoms with Gasteiger partial charge in [-0.25, -0.2) is 4.79 Å². The number of piperidine rings is 1. The highest BCUT2D eigenvalue weighted by Crippen LogP contribution is 2.23. The van der Waals surface area contributed by atoms with E-state index >= 15 is 0 Å². The van der Waals surface area contributed by atoms with Crippen LogP contribution < -0.4 is 0 Å². The third kappa shape index (κ3) is 3.96. The number of likely N-dealkylation sites (tertiary alicyclic amines) is 1. The molecule has 1 saturated heterocycles. The molecule has 4 nitrogen and oxygen atoms in total. The third-order valence-electron chi connectivity index (χ3n) is 3.79. The summed E-state index contributed by atoms with van der Waals surface area (Å²) in [5.41, 5.74) is 1.25. The van der Waals surface area contributed by atoms with Gasteiger partial charge in [0.05, 0.1) is 21.3 Å². The molecule has 0 bridgehead atoms. The first-order valence-electron chi connectivity index (χ1n) is 6.82. The van der Waals surface area contributed by atoms with E-state index in [1.165, 1.54) is 6.07 Å². The Bertz CT molecular complexity index is 575. The summed E-state index contributed by atoms with van der Waals surface area (Å²) in [6.07, 6.45) is 0.798. The Morgan fingerprint density at radius 1 is 1.33 bits per heavy atom. The summed E-state index contributed by atoms with van der Waals surface area (Å²) in [7, 11) is 2.08. The summed E-state index contributed by atoms with van der Waals surface area (Å²) in [6.45, 7) is 5.11. The molecule has 2 unspecified atom stereocenters. The number of benzene rings is 1. The smallest absolute Gasteiger partial charge is 0.313 e. The molecule has 0 aromatic heterocycles. The number of oxime groups is 1. The van der Waals surface area contributed by atoms with E-state index in [1.54, 1.807) is 12.1 Å². The molecule has 0 saturated carbocycles.